The molecule has 0 saturated carbocycles. The fraction of sp³-hybridized carbons (Fsp3) is 0.438. The van der Waals surface area contributed by atoms with E-state index in [4.69, 9.17) is 16.3 Å². The Balaban J connectivity index is 2.00. The SMILES string of the molecule is CCC(CC)n1ccc(CNc2ccc(Cl)c(OC)c2)n1. The van der Waals surface area contributed by atoms with Gasteiger partial charge in [0.15, 0.2) is 0 Å². The van der Waals surface area contributed by atoms with Crippen molar-refractivity contribution in [2.75, 3.05) is 12.4 Å². The lowest BCUT2D eigenvalue weighted by Gasteiger charge is -2.12. The van der Waals surface area contributed by atoms with Crippen molar-refractivity contribution in [2.45, 2.75) is 39.3 Å². The first-order valence-corrected chi connectivity index (χ1v) is 7.67. The van der Waals surface area contributed by atoms with E-state index in [0.29, 0.717) is 23.4 Å². The van der Waals surface area contributed by atoms with Crippen LogP contribution in [0.2, 0.25) is 5.02 Å². The minimum absolute atomic E-state index is 0.481. The van der Waals surface area contributed by atoms with E-state index < -0.39 is 0 Å². The summed E-state index contributed by atoms with van der Waals surface area (Å²) >= 11 is 6.02. The fourth-order valence-corrected chi connectivity index (χ4v) is 2.49. The Labute approximate surface area is 131 Å². The average Bonchev–Trinajstić information content (AvgIpc) is 2.96. The molecule has 0 radical (unpaired) electrons. The average molecular weight is 308 g/mol. The van der Waals surface area contributed by atoms with Gasteiger partial charge in [-0.25, -0.2) is 0 Å². The smallest absolute Gasteiger partial charge is 0.139 e. The number of halogens is 1. The molecule has 0 saturated heterocycles. The first kappa shape index (κ1) is 15.7. The van der Waals surface area contributed by atoms with E-state index >= 15 is 0 Å². The fourth-order valence-electron chi connectivity index (χ4n) is 2.30. The summed E-state index contributed by atoms with van der Waals surface area (Å²) in [5.41, 5.74) is 1.99. The van der Waals surface area contributed by atoms with Gasteiger partial charge in [-0.15, -0.1) is 0 Å². The van der Waals surface area contributed by atoms with Gasteiger partial charge in [0.1, 0.15) is 5.75 Å². The molecule has 1 N–H and O–H groups in total. The van der Waals surface area contributed by atoms with Crippen molar-refractivity contribution in [3.05, 3.63) is 41.2 Å². The minimum atomic E-state index is 0.481. The number of methoxy groups -OCH3 is 1. The maximum Gasteiger partial charge on any atom is 0.139 e. The number of anilines is 1. The third kappa shape index (κ3) is 3.91. The maximum absolute atomic E-state index is 6.02. The molecule has 5 heteroatoms. The van der Waals surface area contributed by atoms with E-state index in [-0.39, 0.29) is 0 Å². The number of nitrogens with zero attached hydrogens (tertiary/aromatic N) is 2. The van der Waals surface area contributed by atoms with E-state index in [1.54, 1.807) is 7.11 Å². The van der Waals surface area contributed by atoms with Crippen LogP contribution < -0.4 is 10.1 Å². The lowest BCUT2D eigenvalue weighted by molar-refractivity contribution is 0.415. The highest BCUT2D eigenvalue weighted by atomic mass is 35.5. The number of aromatic nitrogens is 2. The summed E-state index contributed by atoms with van der Waals surface area (Å²) in [5, 5.41) is 8.57. The van der Waals surface area contributed by atoms with Crippen molar-refractivity contribution in [1.29, 1.82) is 0 Å². The van der Waals surface area contributed by atoms with Crippen LogP contribution in [0.15, 0.2) is 30.5 Å². The van der Waals surface area contributed by atoms with Crippen LogP contribution in [-0.4, -0.2) is 16.9 Å². The lowest BCUT2D eigenvalue weighted by Crippen LogP contribution is -2.09. The van der Waals surface area contributed by atoms with E-state index in [9.17, 15) is 0 Å². The topological polar surface area (TPSA) is 39.1 Å². The van der Waals surface area contributed by atoms with Crippen LogP contribution in [0.3, 0.4) is 0 Å². The van der Waals surface area contributed by atoms with Crippen LogP contribution in [0.4, 0.5) is 5.69 Å². The van der Waals surface area contributed by atoms with E-state index in [0.717, 1.165) is 24.2 Å². The summed E-state index contributed by atoms with van der Waals surface area (Å²) in [6.45, 7) is 5.06. The Morgan fingerprint density at radius 1 is 1.29 bits per heavy atom. The summed E-state index contributed by atoms with van der Waals surface area (Å²) in [5.74, 6) is 0.671. The molecule has 1 aromatic heterocycles. The van der Waals surface area contributed by atoms with Crippen LogP contribution >= 0.6 is 11.6 Å². The third-order valence-electron chi connectivity index (χ3n) is 3.60. The number of benzene rings is 1. The van der Waals surface area contributed by atoms with Gasteiger partial charge in [0.05, 0.1) is 30.4 Å². The number of nitrogens with one attached hydrogen (secondary N) is 1. The zero-order chi connectivity index (χ0) is 15.2. The largest absolute Gasteiger partial charge is 0.495 e. The zero-order valence-electron chi connectivity index (χ0n) is 12.8. The van der Waals surface area contributed by atoms with Crippen molar-refractivity contribution in [3.63, 3.8) is 0 Å². The van der Waals surface area contributed by atoms with Gasteiger partial charge in [-0.3, -0.25) is 4.68 Å². The second-order valence-electron chi connectivity index (χ2n) is 4.96. The first-order chi connectivity index (χ1) is 10.2. The Hall–Kier alpha value is -1.68. The molecule has 0 aliphatic carbocycles. The van der Waals surface area contributed by atoms with Crippen LogP contribution in [-0.2, 0) is 6.54 Å². The Bertz CT molecular complexity index is 579. The van der Waals surface area contributed by atoms with E-state index in [1.165, 1.54) is 0 Å². The molecule has 0 aliphatic heterocycles. The summed E-state index contributed by atoms with van der Waals surface area (Å²) in [4.78, 5) is 0. The zero-order valence-corrected chi connectivity index (χ0v) is 13.5. The van der Waals surface area contributed by atoms with Crippen molar-refractivity contribution in [2.24, 2.45) is 0 Å². The first-order valence-electron chi connectivity index (χ1n) is 7.29. The number of rotatable bonds is 7. The molecule has 2 rings (SSSR count). The molecule has 0 atom stereocenters. The normalized spacial score (nSPS) is 10.9. The highest BCUT2D eigenvalue weighted by Crippen LogP contribution is 2.27. The monoisotopic (exact) mass is 307 g/mol. The second-order valence-corrected chi connectivity index (χ2v) is 5.37. The number of hydrogen-bond donors (Lipinski definition) is 1. The van der Waals surface area contributed by atoms with Crippen molar-refractivity contribution >= 4 is 17.3 Å². The summed E-state index contributed by atoms with van der Waals surface area (Å²) in [6.07, 6.45) is 4.25. The minimum Gasteiger partial charge on any atom is -0.495 e. The van der Waals surface area contributed by atoms with Crippen LogP contribution in [0.5, 0.6) is 5.75 Å². The second kappa shape index (κ2) is 7.36. The van der Waals surface area contributed by atoms with Gasteiger partial charge in [0.2, 0.25) is 0 Å². The summed E-state index contributed by atoms with van der Waals surface area (Å²) in [7, 11) is 1.61. The van der Waals surface area contributed by atoms with Gasteiger partial charge < -0.3 is 10.1 Å². The molecule has 0 aliphatic rings. The van der Waals surface area contributed by atoms with Crippen LogP contribution in [0.25, 0.3) is 0 Å². The summed E-state index contributed by atoms with van der Waals surface area (Å²) < 4.78 is 7.27. The molecule has 1 heterocycles. The summed E-state index contributed by atoms with van der Waals surface area (Å²) in [6, 6.07) is 8.18. The van der Waals surface area contributed by atoms with Gasteiger partial charge in [-0.1, -0.05) is 25.4 Å². The van der Waals surface area contributed by atoms with Crippen LogP contribution in [0.1, 0.15) is 38.4 Å². The van der Waals surface area contributed by atoms with Crippen LogP contribution in [0, 0.1) is 0 Å². The third-order valence-corrected chi connectivity index (χ3v) is 3.92. The quantitative estimate of drug-likeness (QED) is 0.817. The highest BCUT2D eigenvalue weighted by molar-refractivity contribution is 6.32. The van der Waals surface area contributed by atoms with Gasteiger partial charge >= 0.3 is 0 Å². The van der Waals surface area contributed by atoms with E-state index in [1.807, 2.05) is 18.2 Å². The predicted octanol–water partition coefficient (Wildman–Crippen LogP) is 4.52. The van der Waals surface area contributed by atoms with E-state index in [2.05, 4.69) is 41.2 Å². The Kier molecular flexibility index (Phi) is 5.51. The van der Waals surface area contributed by atoms with Crippen molar-refractivity contribution < 1.29 is 4.74 Å². The molecular weight excluding hydrogens is 286 g/mol. The van der Waals surface area contributed by atoms with Crippen molar-refractivity contribution in [3.8, 4) is 5.75 Å². The van der Waals surface area contributed by atoms with Crippen molar-refractivity contribution in [1.82, 2.24) is 9.78 Å². The molecule has 0 unspecified atom stereocenters. The van der Waals surface area contributed by atoms with Gasteiger partial charge in [0.25, 0.3) is 0 Å². The van der Waals surface area contributed by atoms with Gasteiger partial charge in [-0.2, -0.15) is 5.10 Å². The molecule has 114 valence electrons. The lowest BCUT2D eigenvalue weighted by atomic mass is 10.2. The van der Waals surface area contributed by atoms with Gasteiger partial charge in [-0.05, 0) is 31.0 Å². The molecule has 0 bridgehead atoms. The number of ether oxygens (including phenoxy) is 1. The standard InChI is InChI=1S/C16H22ClN3O/c1-4-14(5-2)20-9-8-13(19-20)11-18-12-6-7-15(17)16(10-12)21-3/h6-10,14,18H,4-5,11H2,1-3H3. The molecular formula is C16H22ClN3O. The molecule has 0 spiro atoms. The molecule has 0 amide bonds. The predicted molar refractivity (Wildman–Crippen MR) is 87.2 cm³/mol. The molecule has 0 fully saturated rings. The Morgan fingerprint density at radius 3 is 2.71 bits per heavy atom. The maximum atomic E-state index is 6.02. The molecule has 2 aromatic rings. The molecule has 4 nitrogen and oxygen atoms in total. The Morgan fingerprint density at radius 2 is 2.05 bits per heavy atom. The molecule has 21 heavy (non-hydrogen) atoms. The highest BCUT2D eigenvalue weighted by Gasteiger charge is 2.08. The number of hydrogen-bond acceptors (Lipinski definition) is 3. The molecule has 1 aromatic carbocycles. The van der Waals surface area contributed by atoms with Gasteiger partial charge in [0, 0.05) is 18.0 Å².